The lowest BCUT2D eigenvalue weighted by atomic mass is 9.86. The van der Waals surface area contributed by atoms with E-state index in [0.717, 1.165) is 30.8 Å². The molecule has 8 heteroatoms. The summed E-state index contributed by atoms with van der Waals surface area (Å²) in [5.74, 6) is 0.0303. The van der Waals surface area contributed by atoms with Gasteiger partial charge in [0.15, 0.2) is 6.10 Å². The van der Waals surface area contributed by atoms with E-state index >= 15 is 0 Å². The van der Waals surface area contributed by atoms with Crippen LogP contribution in [0.4, 0.5) is 5.69 Å². The quantitative estimate of drug-likeness (QED) is 0.427. The lowest BCUT2D eigenvalue weighted by Crippen LogP contribution is -2.50. The van der Waals surface area contributed by atoms with Gasteiger partial charge in [-0.3, -0.25) is 14.0 Å². The van der Waals surface area contributed by atoms with Crippen molar-refractivity contribution in [1.29, 1.82) is 0 Å². The maximum Gasteiger partial charge on any atom is 0.264 e. The molecule has 0 saturated carbocycles. The molecule has 1 atom stereocenters. The van der Waals surface area contributed by atoms with Crippen LogP contribution in [0.2, 0.25) is 0 Å². The molecule has 1 amide bonds. The van der Waals surface area contributed by atoms with Gasteiger partial charge in [-0.15, -0.1) is 0 Å². The highest BCUT2D eigenvalue weighted by molar-refractivity contribution is 7.92. The summed E-state index contributed by atoms with van der Waals surface area (Å²) in [5, 5.41) is 2.98. The van der Waals surface area contributed by atoms with Crippen molar-refractivity contribution in [1.82, 2.24) is 10.2 Å². The Bertz CT molecular complexity index is 1440. The number of hydrogen-bond acceptors (Lipinski definition) is 5. The fraction of sp³-hybridized carbons (Fsp3) is 0.406. The van der Waals surface area contributed by atoms with E-state index in [2.05, 4.69) is 43.1 Å². The van der Waals surface area contributed by atoms with Crippen LogP contribution < -0.4 is 14.4 Å². The highest BCUT2D eigenvalue weighted by atomic mass is 32.2. The van der Waals surface area contributed by atoms with Gasteiger partial charge in [0.2, 0.25) is 0 Å². The van der Waals surface area contributed by atoms with Gasteiger partial charge in [-0.05, 0) is 72.3 Å². The number of carbonyl (C=O) groups is 1. The van der Waals surface area contributed by atoms with Gasteiger partial charge in [-0.25, -0.2) is 8.42 Å². The molecular formula is C32H39N3O4S. The van der Waals surface area contributed by atoms with Crippen LogP contribution in [0.1, 0.15) is 56.7 Å². The van der Waals surface area contributed by atoms with Gasteiger partial charge < -0.3 is 10.1 Å². The van der Waals surface area contributed by atoms with Crippen molar-refractivity contribution in [2.24, 2.45) is 0 Å². The summed E-state index contributed by atoms with van der Waals surface area (Å²) in [6.45, 7) is 9.62. The number of anilines is 1. The molecule has 0 bridgehead atoms. The monoisotopic (exact) mass is 561 g/mol. The normalized spacial score (nSPS) is 18.1. The number of sulfonamides is 1. The zero-order chi connectivity index (χ0) is 28.3. The van der Waals surface area contributed by atoms with E-state index < -0.39 is 16.1 Å². The molecule has 3 aromatic carbocycles. The fourth-order valence-electron chi connectivity index (χ4n) is 5.32. The van der Waals surface area contributed by atoms with E-state index in [1.807, 2.05) is 24.3 Å². The zero-order valence-electron chi connectivity index (χ0n) is 23.6. The first kappa shape index (κ1) is 28.2. The zero-order valence-corrected chi connectivity index (χ0v) is 24.4. The second-order valence-electron chi connectivity index (χ2n) is 11.8. The first-order chi connectivity index (χ1) is 19.1. The molecule has 3 aromatic rings. The van der Waals surface area contributed by atoms with E-state index in [1.54, 1.807) is 36.4 Å². The van der Waals surface area contributed by atoms with Gasteiger partial charge in [0.05, 0.1) is 17.1 Å². The predicted octanol–water partition coefficient (Wildman–Crippen LogP) is 5.24. The first-order valence-electron chi connectivity index (χ1n) is 14.1. The number of benzene rings is 3. The van der Waals surface area contributed by atoms with E-state index in [-0.39, 0.29) is 22.8 Å². The highest BCUT2D eigenvalue weighted by Crippen LogP contribution is 2.40. The number of piperidine rings is 1. The Morgan fingerprint density at radius 2 is 1.65 bits per heavy atom. The van der Waals surface area contributed by atoms with Crippen LogP contribution in [0.25, 0.3) is 0 Å². The molecule has 0 aromatic heterocycles. The molecule has 2 heterocycles. The fourth-order valence-corrected chi connectivity index (χ4v) is 6.81. The number of fused-ring (bicyclic) bond motifs is 1. The standard InChI is InChI=1S/C32H39N3O4S/c1-32(2,3)26-15-16-29-28(20-26)35(40(37,38)27-13-6-4-7-14-27)23-30(39-29)31(36)33-21-24-11-10-12-25(19-24)22-34-17-8-5-9-18-34/h4,6-7,10-16,19-20,30H,5,8-9,17-18,21-23H2,1-3H3,(H,33,36)/t30-/m0/s1. The smallest absolute Gasteiger partial charge is 0.264 e. The molecule has 1 saturated heterocycles. The number of likely N-dealkylation sites (tertiary alicyclic amines) is 1. The minimum atomic E-state index is -3.92. The van der Waals surface area contributed by atoms with Crippen molar-refractivity contribution in [3.05, 3.63) is 89.5 Å². The largest absolute Gasteiger partial charge is 0.476 e. The minimum Gasteiger partial charge on any atom is -0.476 e. The Hall–Kier alpha value is -3.36. The van der Waals surface area contributed by atoms with E-state index in [0.29, 0.717) is 18.0 Å². The van der Waals surface area contributed by atoms with Crippen LogP contribution in [0.15, 0.2) is 77.7 Å². The maximum atomic E-state index is 13.8. The highest BCUT2D eigenvalue weighted by Gasteiger charge is 2.38. The molecule has 7 nitrogen and oxygen atoms in total. The van der Waals surface area contributed by atoms with Gasteiger partial charge in [-0.2, -0.15) is 0 Å². The molecule has 0 aliphatic carbocycles. The van der Waals surface area contributed by atoms with Crippen molar-refractivity contribution < 1.29 is 17.9 Å². The Morgan fingerprint density at radius 3 is 2.38 bits per heavy atom. The number of carbonyl (C=O) groups excluding carboxylic acids is 1. The van der Waals surface area contributed by atoms with Crippen LogP contribution in [0, 0.1) is 0 Å². The summed E-state index contributed by atoms with van der Waals surface area (Å²) in [6, 6.07) is 22.2. The predicted molar refractivity (Wildman–Crippen MR) is 158 cm³/mol. The van der Waals surface area contributed by atoms with Crippen LogP contribution in [0.3, 0.4) is 0 Å². The van der Waals surface area contributed by atoms with Crippen LogP contribution in [0.5, 0.6) is 5.75 Å². The average Bonchev–Trinajstić information content (AvgIpc) is 2.95. The Morgan fingerprint density at radius 1 is 0.925 bits per heavy atom. The Kier molecular flexibility index (Phi) is 8.19. The second-order valence-corrected chi connectivity index (χ2v) is 13.6. The summed E-state index contributed by atoms with van der Waals surface area (Å²) < 4.78 is 35.0. The lowest BCUT2D eigenvalue weighted by Gasteiger charge is -2.36. The minimum absolute atomic E-state index is 0.112. The third-order valence-corrected chi connectivity index (χ3v) is 9.43. The van der Waals surface area contributed by atoms with Crippen LogP contribution >= 0.6 is 0 Å². The molecule has 1 N–H and O–H groups in total. The lowest BCUT2D eigenvalue weighted by molar-refractivity contribution is -0.127. The number of nitrogens with one attached hydrogen (secondary N) is 1. The molecule has 0 radical (unpaired) electrons. The molecule has 0 spiro atoms. The summed E-state index contributed by atoms with van der Waals surface area (Å²) in [5.41, 5.74) is 3.48. The van der Waals surface area contributed by atoms with Crippen molar-refractivity contribution in [2.75, 3.05) is 23.9 Å². The van der Waals surface area contributed by atoms with E-state index in [4.69, 9.17) is 4.74 Å². The molecule has 0 unspecified atom stereocenters. The summed E-state index contributed by atoms with van der Waals surface area (Å²) >= 11 is 0. The first-order valence-corrected chi connectivity index (χ1v) is 15.5. The number of rotatable bonds is 7. The number of hydrogen-bond donors (Lipinski definition) is 1. The molecule has 2 aliphatic rings. The summed E-state index contributed by atoms with van der Waals surface area (Å²) in [6.07, 6.45) is 2.81. The average molecular weight is 562 g/mol. The molecule has 212 valence electrons. The molecule has 40 heavy (non-hydrogen) atoms. The van der Waals surface area contributed by atoms with E-state index in [1.165, 1.54) is 29.1 Å². The van der Waals surface area contributed by atoms with Crippen molar-refractivity contribution in [2.45, 2.75) is 69.5 Å². The van der Waals surface area contributed by atoms with E-state index in [9.17, 15) is 13.2 Å². The van der Waals surface area contributed by atoms with Crippen molar-refractivity contribution in [3.8, 4) is 5.75 Å². The SMILES string of the molecule is CC(C)(C)c1ccc2c(c1)N(S(=O)(=O)c1ccccc1)C[C@@H](C(=O)NCc1cccc(CN3CCCCC3)c1)O2. The topological polar surface area (TPSA) is 79.0 Å². The Labute approximate surface area is 238 Å². The van der Waals surface area contributed by atoms with Gasteiger partial charge in [0.1, 0.15) is 5.75 Å². The Balaban J connectivity index is 1.35. The van der Waals surface area contributed by atoms with Crippen LogP contribution in [-0.2, 0) is 33.3 Å². The third-order valence-electron chi connectivity index (χ3n) is 7.63. The van der Waals surface area contributed by atoms with Crippen LogP contribution in [-0.4, -0.2) is 45.0 Å². The van der Waals surface area contributed by atoms with Gasteiger partial charge in [0.25, 0.3) is 15.9 Å². The van der Waals surface area contributed by atoms with Gasteiger partial charge in [-0.1, -0.05) is 75.7 Å². The molecule has 2 aliphatic heterocycles. The second kappa shape index (κ2) is 11.6. The number of amides is 1. The number of nitrogens with zero attached hydrogens (tertiary/aromatic N) is 2. The molecule has 1 fully saturated rings. The summed E-state index contributed by atoms with van der Waals surface area (Å²) in [7, 11) is -3.92. The van der Waals surface area contributed by atoms with Gasteiger partial charge in [0, 0.05) is 13.1 Å². The molecular weight excluding hydrogens is 522 g/mol. The maximum absolute atomic E-state index is 13.8. The van der Waals surface area contributed by atoms with Crippen molar-refractivity contribution in [3.63, 3.8) is 0 Å². The summed E-state index contributed by atoms with van der Waals surface area (Å²) in [4.78, 5) is 16.0. The number of ether oxygens (including phenoxy) is 1. The van der Waals surface area contributed by atoms with Crippen molar-refractivity contribution >= 4 is 21.6 Å². The van der Waals surface area contributed by atoms with Gasteiger partial charge >= 0.3 is 0 Å². The third kappa shape index (κ3) is 6.34. The molecule has 5 rings (SSSR count).